The molecule has 0 heterocycles. The van der Waals surface area contributed by atoms with Crippen LogP contribution in [0, 0.1) is 0 Å². The van der Waals surface area contributed by atoms with Gasteiger partial charge in [-0.15, -0.1) is 0 Å². The number of hydrogen-bond acceptors (Lipinski definition) is 4. The molecule has 1 rings (SSSR count). The van der Waals surface area contributed by atoms with Crippen LogP contribution in [0.4, 0.5) is 17.6 Å². The van der Waals surface area contributed by atoms with Crippen LogP contribution < -0.4 is 29.6 Å². The fourth-order valence-electron chi connectivity index (χ4n) is 1.54. The van der Waals surface area contributed by atoms with Crippen molar-refractivity contribution < 1.29 is 65.4 Å². The zero-order valence-corrected chi connectivity index (χ0v) is 15.1. The summed E-state index contributed by atoms with van der Waals surface area (Å²) in [6, 6.07) is 7.92. The summed E-state index contributed by atoms with van der Waals surface area (Å²) in [7, 11) is 0. The SMILES string of the molecule is O=C(OCCCCC(F)(F)C(F)(F)S(=O)[O-])c1ccccc1.[Na+]. The molecule has 0 aliphatic rings. The molecule has 0 aliphatic carbocycles. The van der Waals surface area contributed by atoms with Gasteiger partial charge in [0.25, 0.3) is 0 Å². The minimum absolute atomic E-state index is 0. The topological polar surface area (TPSA) is 66.4 Å². The molecular weight excluding hydrogens is 351 g/mol. The second-order valence-electron chi connectivity index (χ2n) is 4.41. The van der Waals surface area contributed by atoms with E-state index in [9.17, 15) is 31.1 Å². The molecule has 0 radical (unpaired) electrons. The molecule has 0 bridgehead atoms. The molecule has 0 aromatic heterocycles. The van der Waals surface area contributed by atoms with Crippen molar-refractivity contribution >= 4 is 17.0 Å². The summed E-state index contributed by atoms with van der Waals surface area (Å²) in [5.41, 5.74) is 0.279. The van der Waals surface area contributed by atoms with Gasteiger partial charge in [0.15, 0.2) is 0 Å². The van der Waals surface area contributed by atoms with Crippen molar-refractivity contribution in [2.24, 2.45) is 0 Å². The average Bonchev–Trinajstić information content (AvgIpc) is 2.47. The van der Waals surface area contributed by atoms with E-state index in [2.05, 4.69) is 0 Å². The summed E-state index contributed by atoms with van der Waals surface area (Å²) < 4.78 is 76.6. The zero-order valence-electron chi connectivity index (χ0n) is 12.3. The van der Waals surface area contributed by atoms with Crippen molar-refractivity contribution in [2.45, 2.75) is 30.4 Å². The van der Waals surface area contributed by atoms with Crippen molar-refractivity contribution in [2.75, 3.05) is 6.61 Å². The third-order valence-corrected chi connectivity index (χ3v) is 3.48. The first-order chi connectivity index (χ1) is 10.2. The first-order valence-corrected chi connectivity index (χ1v) is 7.33. The molecule has 0 amide bonds. The van der Waals surface area contributed by atoms with E-state index in [1.54, 1.807) is 18.2 Å². The number of unbranched alkanes of at least 4 members (excludes halogenated alkanes) is 1. The molecule has 4 nitrogen and oxygen atoms in total. The third-order valence-electron chi connectivity index (χ3n) is 2.76. The Bertz CT molecular complexity index is 528. The second kappa shape index (κ2) is 9.73. The van der Waals surface area contributed by atoms with Crippen LogP contribution in [-0.2, 0) is 15.8 Å². The van der Waals surface area contributed by atoms with Gasteiger partial charge in [-0.05, 0) is 25.0 Å². The van der Waals surface area contributed by atoms with Crippen molar-refractivity contribution in [3.8, 4) is 0 Å². The number of benzene rings is 1. The number of halogens is 4. The van der Waals surface area contributed by atoms with Crippen LogP contribution in [0.3, 0.4) is 0 Å². The molecule has 1 aromatic carbocycles. The predicted molar refractivity (Wildman–Crippen MR) is 69.4 cm³/mol. The molecule has 0 saturated carbocycles. The predicted octanol–water partition coefficient (Wildman–Crippen LogP) is 0.125. The van der Waals surface area contributed by atoms with E-state index in [1.807, 2.05) is 0 Å². The van der Waals surface area contributed by atoms with Gasteiger partial charge in [0.05, 0.1) is 12.2 Å². The minimum atomic E-state index is -5.12. The Morgan fingerprint density at radius 3 is 2.22 bits per heavy atom. The van der Waals surface area contributed by atoms with Gasteiger partial charge >= 0.3 is 46.7 Å². The van der Waals surface area contributed by atoms with Crippen LogP contribution in [0.2, 0.25) is 0 Å². The summed E-state index contributed by atoms with van der Waals surface area (Å²) in [5, 5.41) is -5.12. The summed E-state index contributed by atoms with van der Waals surface area (Å²) in [5.74, 6) is -5.32. The fourth-order valence-corrected chi connectivity index (χ4v) is 1.88. The molecule has 0 N–H and O–H groups in total. The van der Waals surface area contributed by atoms with Crippen LogP contribution in [0.25, 0.3) is 0 Å². The van der Waals surface area contributed by atoms with E-state index in [4.69, 9.17) is 4.74 Å². The average molecular weight is 364 g/mol. The first-order valence-electron chi connectivity index (χ1n) is 6.25. The zero-order chi connectivity index (χ0) is 16.8. The number of carbonyl (C=O) groups is 1. The molecule has 1 atom stereocenters. The maximum atomic E-state index is 13.1. The number of carbonyl (C=O) groups excluding carboxylic acids is 1. The normalized spacial score (nSPS) is 13.1. The van der Waals surface area contributed by atoms with Crippen LogP contribution in [0.15, 0.2) is 30.3 Å². The van der Waals surface area contributed by atoms with Crippen molar-refractivity contribution in [3.05, 3.63) is 35.9 Å². The van der Waals surface area contributed by atoms with Gasteiger partial charge in [-0.2, -0.15) is 17.6 Å². The van der Waals surface area contributed by atoms with E-state index in [1.165, 1.54) is 12.1 Å². The third kappa shape index (κ3) is 6.50. The monoisotopic (exact) mass is 364 g/mol. The quantitative estimate of drug-likeness (QED) is 0.216. The van der Waals surface area contributed by atoms with Gasteiger partial charge in [-0.1, -0.05) is 18.2 Å². The Hall–Kier alpha value is -0.480. The Kier molecular flexibility index (Phi) is 9.53. The maximum absolute atomic E-state index is 13.1. The minimum Gasteiger partial charge on any atom is -0.768 e. The van der Waals surface area contributed by atoms with Gasteiger partial charge in [-0.3, -0.25) is 4.21 Å². The Morgan fingerprint density at radius 2 is 1.70 bits per heavy atom. The molecule has 1 unspecified atom stereocenters. The molecule has 10 heteroatoms. The first kappa shape index (κ1) is 22.5. The van der Waals surface area contributed by atoms with E-state index < -0.39 is 41.1 Å². The smallest absolute Gasteiger partial charge is 0.768 e. The van der Waals surface area contributed by atoms with Crippen molar-refractivity contribution in [3.63, 3.8) is 0 Å². The summed E-state index contributed by atoms with van der Waals surface area (Å²) in [6.07, 6.45) is -1.82. The number of rotatable bonds is 8. The number of alkyl halides is 4. The van der Waals surface area contributed by atoms with Crippen LogP contribution in [0.1, 0.15) is 29.6 Å². The number of esters is 1. The van der Waals surface area contributed by atoms with Crippen LogP contribution >= 0.6 is 0 Å². The molecule has 0 spiro atoms. The van der Waals surface area contributed by atoms with Crippen molar-refractivity contribution in [1.82, 2.24) is 0 Å². The molecule has 1 aromatic rings. The largest absolute Gasteiger partial charge is 1.00 e. The molecule has 0 fully saturated rings. The molecule has 124 valence electrons. The maximum Gasteiger partial charge on any atom is 1.00 e. The van der Waals surface area contributed by atoms with E-state index in [-0.39, 0.29) is 48.1 Å². The summed E-state index contributed by atoms with van der Waals surface area (Å²) in [6.45, 7) is -0.226. The molecule has 0 aliphatic heterocycles. The molecule has 23 heavy (non-hydrogen) atoms. The Labute approximate surface area is 155 Å². The van der Waals surface area contributed by atoms with Gasteiger partial charge in [0.2, 0.25) is 0 Å². The number of hydrogen-bond donors (Lipinski definition) is 0. The van der Waals surface area contributed by atoms with Gasteiger partial charge < -0.3 is 9.29 Å². The van der Waals surface area contributed by atoms with E-state index >= 15 is 0 Å². The second-order valence-corrected chi connectivity index (χ2v) is 5.40. The Morgan fingerprint density at radius 1 is 1.13 bits per heavy atom. The number of ether oxygens (including phenoxy) is 1. The van der Waals surface area contributed by atoms with E-state index in [0.717, 1.165) is 0 Å². The van der Waals surface area contributed by atoms with Crippen LogP contribution in [-0.4, -0.2) is 32.5 Å². The standard InChI is InChI=1S/C13H14F4O4S.Na/c14-12(15,13(16,17)22(19)20)8-4-5-9-21-11(18)10-6-2-1-3-7-10;/h1-3,6-7H,4-5,8-9H2,(H,19,20);/q;+1/p-1. The summed E-state index contributed by atoms with van der Waals surface area (Å²) in [4.78, 5) is 11.5. The Balaban J connectivity index is 0.00000484. The van der Waals surface area contributed by atoms with Gasteiger partial charge in [0.1, 0.15) is 0 Å². The molecule has 0 saturated heterocycles. The van der Waals surface area contributed by atoms with Crippen LogP contribution in [0.5, 0.6) is 0 Å². The van der Waals surface area contributed by atoms with Gasteiger partial charge in [-0.25, -0.2) is 4.79 Å². The molecular formula is C13H13F4NaO4S. The summed E-state index contributed by atoms with van der Waals surface area (Å²) >= 11 is -4.20. The van der Waals surface area contributed by atoms with Crippen molar-refractivity contribution in [1.29, 1.82) is 0 Å². The van der Waals surface area contributed by atoms with Gasteiger partial charge in [0, 0.05) is 17.5 Å². The van der Waals surface area contributed by atoms with E-state index in [0.29, 0.717) is 0 Å². The fraction of sp³-hybridized carbons (Fsp3) is 0.462.